The lowest BCUT2D eigenvalue weighted by Gasteiger charge is -2.03. The van der Waals surface area contributed by atoms with Crippen LogP contribution in [0.5, 0.6) is 0 Å². The zero-order valence-corrected chi connectivity index (χ0v) is 20.2. The Hall–Kier alpha value is -1.06. The van der Waals surface area contributed by atoms with Gasteiger partial charge in [0.25, 0.3) is 0 Å². The van der Waals surface area contributed by atoms with E-state index in [1.807, 2.05) is 0 Å². The van der Waals surface area contributed by atoms with Crippen molar-refractivity contribution >= 4 is 113 Å². The molecule has 152 valence electrons. The van der Waals surface area contributed by atoms with E-state index in [2.05, 4.69) is 80.4 Å². The number of hydrazone groups is 2. The first-order chi connectivity index (χ1) is 13.2. The van der Waals surface area contributed by atoms with Gasteiger partial charge in [0, 0.05) is 28.3 Å². The molecule has 2 aliphatic rings. The second-order valence-electron chi connectivity index (χ2n) is 4.14. The number of aromatic nitrogens is 3. The van der Waals surface area contributed by atoms with Gasteiger partial charge in [-0.15, -0.1) is 10.2 Å². The molecule has 1 aromatic rings. The Kier molecular flexibility index (Phi) is 14.3. The quantitative estimate of drug-likeness (QED) is 0.410. The highest BCUT2D eigenvalue weighted by Gasteiger charge is 2.17. The molecule has 1 aromatic heterocycles. The molecule has 0 aliphatic carbocycles. The van der Waals surface area contributed by atoms with Gasteiger partial charge in [0.05, 0.1) is 19.1 Å². The van der Waals surface area contributed by atoms with Gasteiger partial charge in [-0.2, -0.15) is 10.2 Å². The minimum absolute atomic E-state index is 0.00981. The van der Waals surface area contributed by atoms with Gasteiger partial charge < -0.3 is 0 Å². The molecule has 0 aromatic carbocycles. The molecule has 3 heterocycles. The number of nitrogens with one attached hydrogen (secondary N) is 2. The molecule has 3 rings (SSSR count). The molecule has 0 atom stereocenters. The third-order valence-corrected chi connectivity index (χ3v) is 3.54. The van der Waals surface area contributed by atoms with Crippen LogP contribution < -0.4 is 10.9 Å². The van der Waals surface area contributed by atoms with Crippen LogP contribution in [-0.4, -0.2) is 49.4 Å². The molecular formula is C11H7Br3Cl3N7O4. The smallest absolute Gasteiger partial charge is 0.248 e. The number of carbonyl (C=O) groups excluding carboxylic acids is 4. The summed E-state index contributed by atoms with van der Waals surface area (Å²) in [5.41, 5.74) is 4.27. The molecule has 0 radical (unpaired) electrons. The van der Waals surface area contributed by atoms with Gasteiger partial charge in [-0.1, -0.05) is 23.2 Å². The van der Waals surface area contributed by atoms with Crippen molar-refractivity contribution in [3.8, 4) is 0 Å². The van der Waals surface area contributed by atoms with Crippen LogP contribution in [0.4, 0.5) is 0 Å². The molecule has 2 aliphatic heterocycles. The normalized spacial score (nSPS) is 14.7. The number of amides is 2. The minimum Gasteiger partial charge on any atom is -0.292 e. The molecule has 28 heavy (non-hydrogen) atoms. The topological polar surface area (TPSA) is 156 Å². The number of carbonyl (C=O) groups is 4. The second-order valence-corrected chi connectivity index (χ2v) is 5.94. The lowest BCUT2D eigenvalue weighted by Crippen LogP contribution is -2.30. The monoisotopic (exact) mass is 643 g/mol. The van der Waals surface area contributed by atoms with Crippen molar-refractivity contribution in [3.63, 3.8) is 0 Å². The predicted octanol–water partition coefficient (Wildman–Crippen LogP) is 2.37. The summed E-state index contributed by atoms with van der Waals surface area (Å²) in [5.74, 6) is -1.21. The molecule has 11 nitrogen and oxygen atoms in total. The Balaban J connectivity index is 0.000000374. The molecule has 0 bridgehead atoms. The van der Waals surface area contributed by atoms with Gasteiger partial charge in [-0.05, 0) is 27.5 Å². The van der Waals surface area contributed by atoms with E-state index < -0.39 is 0 Å². The largest absolute Gasteiger partial charge is 0.292 e. The summed E-state index contributed by atoms with van der Waals surface area (Å²) in [6.45, 7) is 0. The third kappa shape index (κ3) is 11.7. The number of hydrogen-bond donors (Lipinski definition) is 2. The summed E-state index contributed by atoms with van der Waals surface area (Å²) < 4.78 is 0.183. The number of nitrogens with zero attached hydrogens (tertiary/aromatic N) is 5. The van der Waals surface area contributed by atoms with Gasteiger partial charge in [-0.3, -0.25) is 19.2 Å². The van der Waals surface area contributed by atoms with Gasteiger partial charge in [0.15, 0.2) is 26.5 Å². The number of Topliss-reactive ketones (excluding diaryl/α,β-unsaturated/α-hetero) is 2. The van der Waals surface area contributed by atoms with Crippen molar-refractivity contribution in [2.24, 2.45) is 10.2 Å². The molecule has 0 fully saturated rings. The number of rotatable bonds is 0. The van der Waals surface area contributed by atoms with Gasteiger partial charge >= 0.3 is 0 Å². The summed E-state index contributed by atoms with van der Waals surface area (Å²) in [7, 11) is 0. The Labute approximate surface area is 196 Å². The van der Waals surface area contributed by atoms with Crippen LogP contribution in [0, 0.1) is 0 Å². The SMILES string of the molecule is BrBr.Clc1nnc(Cl)c(Cl)n1.O=C1C=NNC(=O)C1.O=C1CC(=O)C(Br)=NN1. The van der Waals surface area contributed by atoms with Crippen LogP contribution in [0.1, 0.15) is 12.8 Å². The van der Waals surface area contributed by atoms with Gasteiger partial charge in [0.2, 0.25) is 17.1 Å². The Morgan fingerprint density at radius 1 is 0.893 bits per heavy atom. The van der Waals surface area contributed by atoms with Crippen molar-refractivity contribution in [2.45, 2.75) is 12.8 Å². The molecular weight excluding hydrogens is 640 g/mol. The first-order valence-electron chi connectivity index (χ1n) is 6.44. The Morgan fingerprint density at radius 3 is 1.89 bits per heavy atom. The third-order valence-electron chi connectivity index (χ3n) is 2.14. The molecule has 17 heteroatoms. The first kappa shape index (κ1) is 26.9. The fourth-order valence-corrected chi connectivity index (χ4v) is 1.72. The lowest BCUT2D eigenvalue weighted by atomic mass is 10.3. The molecule has 2 N–H and O–H groups in total. The zero-order chi connectivity index (χ0) is 21.7. The van der Waals surface area contributed by atoms with Gasteiger partial charge in [0.1, 0.15) is 0 Å². The highest BCUT2D eigenvalue weighted by molar-refractivity contribution is 9.93. The van der Waals surface area contributed by atoms with E-state index in [-0.39, 0.29) is 56.4 Å². The average molecular weight is 647 g/mol. The summed E-state index contributed by atoms with van der Waals surface area (Å²) in [4.78, 5) is 44.9. The molecule has 0 unspecified atom stereocenters. The van der Waals surface area contributed by atoms with Crippen LogP contribution in [0.2, 0.25) is 15.6 Å². The standard InChI is InChI=1S/C4H3BrN2O2.C4H4N2O2.C3Cl3N3.Br2/c5-4-2(8)1-3(9)6-7-4;7-3-1-4(8)6-5-2-3;4-1-2(5)8-9-3(6)7-1;1-2/h1H2,(H,6,9);2H,1H2,(H,6,8);;. The minimum atomic E-state index is -0.358. The van der Waals surface area contributed by atoms with Crippen molar-refractivity contribution < 1.29 is 19.2 Å². The highest BCUT2D eigenvalue weighted by atomic mass is 80.9. The Morgan fingerprint density at radius 2 is 1.50 bits per heavy atom. The lowest BCUT2D eigenvalue weighted by molar-refractivity contribution is -0.127. The summed E-state index contributed by atoms with van der Waals surface area (Å²) in [5, 5.41) is 13.4. The number of hydrogen-bond acceptors (Lipinski definition) is 9. The molecule has 2 amide bonds. The van der Waals surface area contributed by atoms with Crippen molar-refractivity contribution in [1.29, 1.82) is 0 Å². The predicted molar refractivity (Wildman–Crippen MR) is 113 cm³/mol. The van der Waals surface area contributed by atoms with Crippen molar-refractivity contribution in [3.05, 3.63) is 15.6 Å². The number of halogens is 6. The van der Waals surface area contributed by atoms with E-state index in [0.717, 1.165) is 6.21 Å². The Bertz CT molecular complexity index is 810. The van der Waals surface area contributed by atoms with Crippen molar-refractivity contribution in [1.82, 2.24) is 26.0 Å². The maximum absolute atomic E-state index is 10.6. The molecule has 0 spiro atoms. The van der Waals surface area contributed by atoms with Crippen LogP contribution in [-0.2, 0) is 19.2 Å². The van der Waals surface area contributed by atoms with Crippen LogP contribution >= 0.6 is 79.0 Å². The maximum atomic E-state index is 10.6. The fraction of sp³-hybridized carbons (Fsp3) is 0.182. The van der Waals surface area contributed by atoms with Crippen LogP contribution in [0.25, 0.3) is 0 Å². The van der Waals surface area contributed by atoms with Gasteiger partial charge in [-0.25, -0.2) is 15.8 Å². The number of ketones is 2. The highest BCUT2D eigenvalue weighted by Crippen LogP contribution is 2.15. The van der Waals surface area contributed by atoms with Crippen molar-refractivity contribution in [2.75, 3.05) is 0 Å². The average Bonchev–Trinajstić information content (AvgIpc) is 2.64. The summed E-state index contributed by atoms with van der Waals surface area (Å²) >= 11 is 24.4. The first-order valence-corrected chi connectivity index (χ1v) is 12.1. The maximum Gasteiger partial charge on any atom is 0.248 e. The second kappa shape index (κ2) is 14.9. The molecule has 0 saturated carbocycles. The van der Waals surface area contributed by atoms with E-state index >= 15 is 0 Å². The van der Waals surface area contributed by atoms with E-state index in [1.165, 1.54) is 0 Å². The van der Waals surface area contributed by atoms with E-state index in [0.29, 0.717) is 0 Å². The van der Waals surface area contributed by atoms with E-state index in [1.54, 1.807) is 0 Å². The summed E-state index contributed by atoms with van der Waals surface area (Å²) in [6.07, 6.45) is 0.926. The van der Waals surface area contributed by atoms with Crippen LogP contribution in [0.3, 0.4) is 0 Å². The fourth-order valence-electron chi connectivity index (χ4n) is 1.13. The van der Waals surface area contributed by atoms with Crippen LogP contribution in [0.15, 0.2) is 10.2 Å². The summed E-state index contributed by atoms with van der Waals surface area (Å²) in [6, 6.07) is 0. The van der Waals surface area contributed by atoms with E-state index in [9.17, 15) is 19.2 Å². The zero-order valence-electron chi connectivity index (χ0n) is 13.1. The molecule has 0 saturated heterocycles. The van der Waals surface area contributed by atoms with E-state index in [4.69, 9.17) is 34.8 Å².